The van der Waals surface area contributed by atoms with Gasteiger partial charge in [0.25, 0.3) is 0 Å². The van der Waals surface area contributed by atoms with E-state index in [-0.39, 0.29) is 11.7 Å². The average molecular weight is 579 g/mol. The molecule has 6 N–H and O–H groups in total. The van der Waals surface area contributed by atoms with E-state index in [1.54, 1.807) is 13.1 Å². The number of rotatable bonds is 9. The highest BCUT2D eigenvalue weighted by Crippen LogP contribution is 2.54. The van der Waals surface area contributed by atoms with E-state index in [0.717, 1.165) is 39.9 Å². The molecular weight excluding hydrogens is 540 g/mol. The number of hydrogen-bond donors (Lipinski definition) is 4. The molecule has 0 radical (unpaired) electrons. The summed E-state index contributed by atoms with van der Waals surface area (Å²) in [4.78, 5) is 30.2. The Bertz CT molecular complexity index is 1680. The van der Waals surface area contributed by atoms with E-state index in [1.165, 1.54) is 4.68 Å². The van der Waals surface area contributed by atoms with Gasteiger partial charge in [-0.15, -0.1) is 0 Å². The van der Waals surface area contributed by atoms with Crippen LogP contribution in [0.15, 0.2) is 60.0 Å². The van der Waals surface area contributed by atoms with E-state index in [9.17, 15) is 14.9 Å². The highest BCUT2D eigenvalue weighted by atomic mass is 16.2. The van der Waals surface area contributed by atoms with Crippen LogP contribution in [0.25, 0.3) is 5.70 Å². The number of carbonyl (C=O) groups excluding carboxylic acids is 1. The molecule has 3 aromatic rings. The third-order valence-corrected chi connectivity index (χ3v) is 9.81. The summed E-state index contributed by atoms with van der Waals surface area (Å²) in [5.41, 5.74) is 17.3. The lowest BCUT2D eigenvalue weighted by molar-refractivity contribution is 0.1000. The average Bonchev–Trinajstić information content (AvgIpc) is 3.28. The highest BCUT2D eigenvalue weighted by Gasteiger charge is 2.58. The quantitative estimate of drug-likeness (QED) is 0.284. The Morgan fingerprint density at radius 3 is 2.40 bits per heavy atom. The first-order chi connectivity index (χ1) is 20.6. The maximum absolute atomic E-state index is 12.8. The fourth-order valence-electron chi connectivity index (χ4n) is 7.50. The van der Waals surface area contributed by atoms with Gasteiger partial charge in [-0.2, -0.15) is 10.4 Å². The van der Waals surface area contributed by atoms with Crippen molar-refractivity contribution in [1.82, 2.24) is 25.0 Å². The lowest BCUT2D eigenvalue weighted by Gasteiger charge is -2.35. The minimum Gasteiger partial charge on any atom is -0.399 e. The van der Waals surface area contributed by atoms with Crippen LogP contribution in [0.1, 0.15) is 63.8 Å². The summed E-state index contributed by atoms with van der Waals surface area (Å²) in [6.45, 7) is 11.6. The van der Waals surface area contributed by atoms with Crippen LogP contribution in [0, 0.1) is 23.2 Å². The van der Waals surface area contributed by atoms with Crippen molar-refractivity contribution < 1.29 is 4.79 Å². The molecule has 2 aliphatic carbocycles. The van der Waals surface area contributed by atoms with Crippen LogP contribution in [0.4, 0.5) is 0 Å². The molecule has 1 saturated carbocycles. The van der Waals surface area contributed by atoms with Gasteiger partial charge in [0.1, 0.15) is 11.9 Å². The number of aromatic nitrogens is 3. The molecule has 10 nitrogen and oxygen atoms in total. The lowest BCUT2D eigenvalue weighted by Crippen LogP contribution is -2.39. The molecule has 2 heterocycles. The number of likely N-dealkylation sites (tertiary alicyclic amines) is 1. The highest BCUT2D eigenvalue weighted by molar-refractivity contribution is 5.93. The van der Waals surface area contributed by atoms with E-state index < -0.39 is 11.3 Å². The van der Waals surface area contributed by atoms with Gasteiger partial charge < -0.3 is 21.7 Å². The van der Waals surface area contributed by atoms with Crippen LogP contribution in [-0.4, -0.2) is 50.7 Å². The molecule has 2 aromatic carbocycles. The summed E-state index contributed by atoms with van der Waals surface area (Å²) in [5.74, 6) is 1.19. The Balaban J connectivity index is 1.40. The zero-order valence-electron chi connectivity index (χ0n) is 24.7. The summed E-state index contributed by atoms with van der Waals surface area (Å²) < 4.78 is 1.31. The molecule has 10 heteroatoms. The van der Waals surface area contributed by atoms with E-state index in [4.69, 9.17) is 16.6 Å². The number of nitrogens with zero attached hydrogens (tertiary/aromatic N) is 4. The smallest absolute Gasteiger partial charge is 0.343 e. The summed E-state index contributed by atoms with van der Waals surface area (Å²) in [7, 11) is 1.63. The number of amides is 1. The molecule has 222 valence electrons. The maximum Gasteiger partial charge on any atom is 0.343 e. The zero-order valence-corrected chi connectivity index (χ0v) is 24.7. The topological polar surface area (TPSA) is 159 Å². The number of H-pyrrole nitrogens is 1. The first-order valence-electron chi connectivity index (χ1n) is 14.8. The largest absolute Gasteiger partial charge is 0.399 e. The van der Waals surface area contributed by atoms with Gasteiger partial charge in [0.15, 0.2) is 0 Å². The Kier molecular flexibility index (Phi) is 7.01. The first-order valence-corrected chi connectivity index (χ1v) is 14.8. The summed E-state index contributed by atoms with van der Waals surface area (Å²) >= 11 is 0. The fraction of sp³-hybridized carbons (Fsp3) is 0.394. The van der Waals surface area contributed by atoms with Crippen molar-refractivity contribution in [3.05, 3.63) is 105 Å². The first kappa shape index (κ1) is 28.5. The third kappa shape index (κ3) is 4.64. The summed E-state index contributed by atoms with van der Waals surface area (Å²) in [6.07, 6.45) is 2.81. The predicted molar refractivity (Wildman–Crippen MR) is 165 cm³/mol. The van der Waals surface area contributed by atoms with Crippen molar-refractivity contribution in [2.75, 3.05) is 13.1 Å². The number of aromatic amines is 1. The second kappa shape index (κ2) is 10.6. The second-order valence-corrected chi connectivity index (χ2v) is 12.2. The number of primary amides is 1. The van der Waals surface area contributed by atoms with Crippen molar-refractivity contribution in [3.63, 3.8) is 0 Å². The molecule has 1 amide bonds. The monoisotopic (exact) mass is 578 g/mol. The Morgan fingerprint density at radius 2 is 1.81 bits per heavy atom. The Labute approximate surface area is 251 Å². The fourth-order valence-corrected chi connectivity index (χ4v) is 7.50. The SMILES string of the molecule is C=C(N)c1ccc2c(c1)CCc1cc(C(N)=O)ccc1C2(CCNCC(=C)N1C(C#N)C[C@@H]2[C@H](C)[C@@H]21)c1nn(C)c(=O)[nH]1. The van der Waals surface area contributed by atoms with Gasteiger partial charge in [-0.3, -0.25) is 9.78 Å². The Morgan fingerprint density at radius 1 is 1.16 bits per heavy atom. The predicted octanol–water partition coefficient (Wildman–Crippen LogP) is 2.30. The zero-order chi connectivity index (χ0) is 30.6. The molecule has 0 spiro atoms. The van der Waals surface area contributed by atoms with Crippen molar-refractivity contribution in [2.24, 2.45) is 30.4 Å². The van der Waals surface area contributed by atoms with Crippen molar-refractivity contribution >= 4 is 11.6 Å². The molecule has 1 aliphatic heterocycles. The third-order valence-electron chi connectivity index (χ3n) is 9.81. The Hall–Kier alpha value is -4.62. The number of fused-ring (bicyclic) bond motifs is 3. The number of nitriles is 1. The number of carbonyl (C=O) groups is 1. The van der Waals surface area contributed by atoms with Gasteiger partial charge in [-0.25, -0.2) is 9.48 Å². The van der Waals surface area contributed by atoms with Crippen molar-refractivity contribution in [3.8, 4) is 6.07 Å². The van der Waals surface area contributed by atoms with E-state index in [1.807, 2.05) is 18.2 Å². The second-order valence-electron chi connectivity index (χ2n) is 12.2. The van der Waals surface area contributed by atoms with Crippen molar-refractivity contribution in [1.29, 1.82) is 5.26 Å². The van der Waals surface area contributed by atoms with Crippen molar-refractivity contribution in [2.45, 2.75) is 50.1 Å². The molecule has 3 aliphatic rings. The molecule has 1 saturated heterocycles. The van der Waals surface area contributed by atoms with Gasteiger partial charge in [0.05, 0.1) is 11.5 Å². The van der Waals surface area contributed by atoms with Crippen LogP contribution < -0.4 is 22.5 Å². The number of benzene rings is 2. The molecular formula is C33H38N8O2. The number of piperidine rings is 1. The van der Waals surface area contributed by atoms with Gasteiger partial charge in [-0.05, 0) is 90.1 Å². The van der Waals surface area contributed by atoms with E-state index in [2.05, 4.69) is 53.5 Å². The van der Waals surface area contributed by atoms with E-state index >= 15 is 0 Å². The molecule has 2 fully saturated rings. The maximum atomic E-state index is 12.8. The van der Waals surface area contributed by atoms with Crippen LogP contribution in [0.5, 0.6) is 0 Å². The number of nitrogens with two attached hydrogens (primary N) is 2. The summed E-state index contributed by atoms with van der Waals surface area (Å²) in [5, 5.41) is 18.0. The minimum absolute atomic E-state index is 0.128. The minimum atomic E-state index is -0.848. The van der Waals surface area contributed by atoms with E-state index in [0.29, 0.717) is 67.3 Å². The molecule has 43 heavy (non-hydrogen) atoms. The van der Waals surface area contributed by atoms with Gasteiger partial charge >= 0.3 is 5.69 Å². The van der Waals surface area contributed by atoms with Gasteiger partial charge in [0.2, 0.25) is 5.91 Å². The van der Waals surface area contributed by atoms with Gasteiger partial charge in [0, 0.05) is 36.6 Å². The molecule has 6 rings (SSSR count). The standard InChI is InChI=1S/C33H38N8O2/c1-18(41-25(16-34)15-26-19(2)29(26)41)17-37-12-11-33(31-38-32(43)40(4)39-31)27-9-7-21(20(3)35)13-22(27)5-6-23-14-24(30(36)42)8-10-28(23)33/h7-10,13-14,19,25-26,29,37H,1,3,5-6,11-12,15,17,35H2,2,4H3,(H2,36,42)(H,38,39,43)/t19-,25?,26+,29-,33?/m0/s1. The van der Waals surface area contributed by atoms with Crippen LogP contribution in [-0.2, 0) is 25.3 Å². The van der Waals surface area contributed by atoms with Crippen LogP contribution >= 0.6 is 0 Å². The molecule has 1 aromatic heterocycles. The molecule has 2 unspecified atom stereocenters. The van der Waals surface area contributed by atoms with Gasteiger partial charge in [-0.1, -0.05) is 38.3 Å². The molecule has 0 bridgehead atoms. The number of nitrogens with one attached hydrogen (secondary N) is 2. The normalized spacial score (nSPS) is 25.2. The van der Waals surface area contributed by atoms with Crippen LogP contribution in [0.2, 0.25) is 0 Å². The van der Waals surface area contributed by atoms with Crippen LogP contribution in [0.3, 0.4) is 0 Å². The number of aryl methyl sites for hydroxylation is 3. The summed E-state index contributed by atoms with van der Waals surface area (Å²) in [6, 6.07) is 14.4. The lowest BCUT2D eigenvalue weighted by atomic mass is 9.69. The molecule has 5 atom stereocenters. The number of hydrogen-bond acceptors (Lipinski definition) is 7.